The SMILES string of the molecule is CCOP(=O)(OCC)C([I+]c1ccccc1)=P(c1ccccc1)(c1ccccc1)c1ccnn1C. The zero-order chi connectivity index (χ0) is 24.7. The smallest absolute Gasteiger partial charge is 0.303 e. The number of nitrogens with zero attached hydrogens (tertiary/aromatic N) is 2. The first-order valence-corrected chi connectivity index (χ1v) is 17.0. The van der Waals surface area contributed by atoms with Gasteiger partial charge in [-0.3, -0.25) is 9.25 Å². The molecular weight excluding hydrogens is 589 g/mol. The summed E-state index contributed by atoms with van der Waals surface area (Å²) in [6, 6.07) is 33.2. The number of benzene rings is 3. The summed E-state index contributed by atoms with van der Waals surface area (Å²) in [7, 11) is -1.68. The Labute approximate surface area is 218 Å². The first-order chi connectivity index (χ1) is 17.1. The Morgan fingerprint density at radius 1 is 0.800 bits per heavy atom. The first-order valence-electron chi connectivity index (χ1n) is 11.5. The van der Waals surface area contributed by atoms with Gasteiger partial charge in [0.1, 0.15) is 0 Å². The van der Waals surface area contributed by atoms with Crippen LogP contribution in [0.15, 0.2) is 103 Å². The standard InChI is InChI=1S/C27H30IN2O3P2/c1-4-32-35(31,33-5-2)27(28-23-15-9-6-10-16-23)34(24-17-11-7-12-18-24,25-19-13-8-14-20-25)26-21-22-29-30(26)3/h6-22H,4-5H2,1-3H3/q+1. The van der Waals surface area contributed by atoms with E-state index in [0.717, 1.165) is 19.1 Å². The molecule has 0 aliphatic heterocycles. The highest BCUT2D eigenvalue weighted by atomic mass is 127. The molecule has 0 unspecified atom stereocenters. The molecule has 1 heterocycles. The molecule has 0 N–H and O–H groups in total. The van der Waals surface area contributed by atoms with Crippen LogP contribution in [0.1, 0.15) is 13.8 Å². The molecular formula is C27H30IN2O3P2+. The summed E-state index contributed by atoms with van der Waals surface area (Å²) in [6.45, 7) is 1.70. The first kappa shape index (κ1) is 26.1. The molecule has 35 heavy (non-hydrogen) atoms. The minimum Gasteiger partial charge on any atom is -0.303 e. The molecule has 1 aromatic heterocycles. The van der Waals surface area contributed by atoms with Crippen molar-refractivity contribution in [3.63, 3.8) is 0 Å². The lowest BCUT2D eigenvalue weighted by molar-refractivity contribution is -0.499. The average Bonchev–Trinajstić information content (AvgIpc) is 3.32. The molecule has 0 saturated heterocycles. The van der Waals surface area contributed by atoms with Crippen LogP contribution in [0.2, 0.25) is 0 Å². The van der Waals surface area contributed by atoms with Crippen LogP contribution in [0.4, 0.5) is 0 Å². The van der Waals surface area contributed by atoms with Crippen LogP contribution in [0.3, 0.4) is 0 Å². The van der Waals surface area contributed by atoms with Crippen molar-refractivity contribution in [1.82, 2.24) is 9.78 Å². The molecule has 0 spiro atoms. The van der Waals surface area contributed by atoms with E-state index < -0.39 is 35.7 Å². The number of hydrogen-bond donors (Lipinski definition) is 0. The monoisotopic (exact) mass is 619 g/mol. The fourth-order valence-corrected chi connectivity index (χ4v) is 19.4. The Morgan fingerprint density at radius 2 is 1.29 bits per heavy atom. The number of halogens is 1. The Hall–Kier alpha value is -1.95. The van der Waals surface area contributed by atoms with E-state index in [4.69, 9.17) is 9.05 Å². The Balaban J connectivity index is 2.27. The Bertz CT molecular complexity index is 1290. The number of aromatic nitrogens is 2. The maximum Gasteiger partial charge on any atom is 0.408 e. The molecule has 0 aliphatic rings. The lowest BCUT2D eigenvalue weighted by Crippen LogP contribution is -3.64. The minimum absolute atomic E-state index is 0.300. The molecule has 5 nitrogen and oxygen atoms in total. The quantitative estimate of drug-likeness (QED) is 0.202. The van der Waals surface area contributed by atoms with Crippen LogP contribution in [-0.2, 0) is 20.7 Å². The number of hydrogen-bond acceptors (Lipinski definition) is 4. The number of aryl methyl sites for hydroxylation is 1. The third-order valence-electron chi connectivity index (χ3n) is 5.45. The molecule has 8 heteroatoms. The normalized spacial score (nSPS) is 12.0. The van der Waals surface area contributed by atoms with E-state index in [-0.39, 0.29) is 0 Å². The van der Waals surface area contributed by atoms with E-state index >= 15 is 0 Å². The van der Waals surface area contributed by atoms with Crippen molar-refractivity contribution in [1.29, 1.82) is 0 Å². The van der Waals surface area contributed by atoms with Crippen molar-refractivity contribution >= 4 is 33.6 Å². The van der Waals surface area contributed by atoms with Crippen LogP contribution in [-0.4, -0.2) is 26.0 Å². The third-order valence-corrected chi connectivity index (χ3v) is 19.5. The van der Waals surface area contributed by atoms with E-state index in [1.807, 2.05) is 86.4 Å². The van der Waals surface area contributed by atoms with Gasteiger partial charge >= 0.3 is 28.8 Å². The van der Waals surface area contributed by atoms with E-state index in [1.165, 1.54) is 3.57 Å². The molecule has 4 aromatic rings. The van der Waals surface area contributed by atoms with E-state index in [0.29, 0.717) is 13.2 Å². The van der Waals surface area contributed by atoms with E-state index in [1.54, 1.807) is 0 Å². The van der Waals surface area contributed by atoms with Gasteiger partial charge in [-0.05, 0) is 42.7 Å². The fraction of sp³-hybridized carbons (Fsp3) is 0.185. The molecule has 0 aliphatic carbocycles. The summed E-state index contributed by atoms with van der Waals surface area (Å²) in [5.41, 5.74) is 1.03. The Morgan fingerprint density at radius 3 is 1.71 bits per heavy atom. The second-order valence-corrected chi connectivity index (χ2v) is 17.8. The van der Waals surface area contributed by atoms with Gasteiger partial charge in [0.15, 0.2) is 3.57 Å². The summed E-state index contributed by atoms with van der Waals surface area (Å²) in [5.74, 6) is 0. The van der Waals surface area contributed by atoms with Crippen molar-refractivity contribution in [2.45, 2.75) is 13.8 Å². The average molecular weight is 619 g/mol. The van der Waals surface area contributed by atoms with Crippen LogP contribution >= 0.6 is 14.5 Å². The predicted octanol–water partition coefficient (Wildman–Crippen LogP) is 2.03. The second-order valence-electron chi connectivity index (χ2n) is 7.65. The largest absolute Gasteiger partial charge is 0.408 e. The van der Waals surface area contributed by atoms with Crippen molar-refractivity contribution in [3.8, 4) is 0 Å². The maximum atomic E-state index is 14.9. The molecule has 0 radical (unpaired) electrons. The van der Waals surface area contributed by atoms with Gasteiger partial charge in [-0.2, -0.15) is 5.10 Å². The maximum absolute atomic E-state index is 14.9. The molecule has 0 atom stereocenters. The van der Waals surface area contributed by atoms with Crippen molar-refractivity contribution in [3.05, 3.63) is 107 Å². The molecule has 0 bridgehead atoms. The predicted molar refractivity (Wildman–Crippen MR) is 143 cm³/mol. The Kier molecular flexibility index (Phi) is 8.85. The van der Waals surface area contributed by atoms with Crippen molar-refractivity contribution < 1.29 is 34.8 Å². The lowest BCUT2D eigenvalue weighted by atomic mass is 10.4. The van der Waals surface area contributed by atoms with E-state index in [2.05, 4.69) is 47.6 Å². The molecule has 182 valence electrons. The summed E-state index contributed by atoms with van der Waals surface area (Å²) < 4.78 is 31.1. The highest BCUT2D eigenvalue weighted by molar-refractivity contribution is 8.05. The summed E-state index contributed by atoms with van der Waals surface area (Å²) >= 11 is -0.903. The topological polar surface area (TPSA) is 53.4 Å². The zero-order valence-electron chi connectivity index (χ0n) is 20.1. The second kappa shape index (κ2) is 11.9. The van der Waals surface area contributed by atoms with Crippen molar-refractivity contribution in [2.75, 3.05) is 13.2 Å². The van der Waals surface area contributed by atoms with Gasteiger partial charge in [-0.1, -0.05) is 78.9 Å². The summed E-state index contributed by atoms with van der Waals surface area (Å²) in [4.78, 5) is 0. The molecule has 3 aromatic carbocycles. The molecule has 0 saturated carbocycles. The lowest BCUT2D eigenvalue weighted by Gasteiger charge is -2.29. The molecule has 0 fully saturated rings. The van der Waals surface area contributed by atoms with Gasteiger partial charge in [0, 0.05) is 13.2 Å². The van der Waals surface area contributed by atoms with Gasteiger partial charge in [-0.25, -0.2) is 0 Å². The number of rotatable bonds is 10. The molecule has 0 amide bonds. The van der Waals surface area contributed by atoms with Gasteiger partial charge < -0.3 is 9.05 Å². The highest BCUT2D eigenvalue weighted by Crippen LogP contribution is 2.58. The van der Waals surface area contributed by atoms with Crippen LogP contribution in [0.5, 0.6) is 0 Å². The fourth-order valence-electron chi connectivity index (χ4n) is 4.08. The van der Waals surface area contributed by atoms with E-state index in [9.17, 15) is 4.57 Å². The summed E-state index contributed by atoms with van der Waals surface area (Å²) in [6.07, 6.45) is 1.82. The molecule has 4 rings (SSSR count). The highest BCUT2D eigenvalue weighted by Gasteiger charge is 2.51. The van der Waals surface area contributed by atoms with Crippen LogP contribution in [0, 0.1) is 3.57 Å². The van der Waals surface area contributed by atoms with Gasteiger partial charge in [0.25, 0.3) is 3.04 Å². The minimum atomic E-state index is -3.63. The van der Waals surface area contributed by atoms with Crippen LogP contribution in [0.25, 0.3) is 0 Å². The summed E-state index contributed by atoms with van der Waals surface area (Å²) in [5, 5.41) is 6.79. The van der Waals surface area contributed by atoms with Crippen molar-refractivity contribution in [2.24, 2.45) is 7.05 Å². The van der Waals surface area contributed by atoms with Crippen LogP contribution < -0.4 is 37.2 Å². The zero-order valence-corrected chi connectivity index (χ0v) is 24.1. The van der Waals surface area contributed by atoms with Gasteiger partial charge in [0.2, 0.25) is 0 Å². The van der Waals surface area contributed by atoms with Gasteiger partial charge in [0.05, 0.1) is 25.5 Å². The third kappa shape index (κ3) is 5.28. The van der Waals surface area contributed by atoms with Gasteiger partial charge in [-0.15, -0.1) is 0 Å².